The molecule has 0 aliphatic carbocycles. The Labute approximate surface area is 97.6 Å². The monoisotopic (exact) mass is 220 g/mol. The summed E-state index contributed by atoms with van der Waals surface area (Å²) in [6, 6.07) is 10.3. The third kappa shape index (κ3) is 2.13. The zero-order chi connectivity index (χ0) is 11.6. The fourth-order valence-electron chi connectivity index (χ4n) is 2.34. The van der Waals surface area contributed by atoms with Gasteiger partial charge in [0.05, 0.1) is 6.61 Å². The van der Waals surface area contributed by atoms with Crippen molar-refractivity contribution in [3.05, 3.63) is 35.9 Å². The van der Waals surface area contributed by atoms with Crippen molar-refractivity contribution in [2.45, 2.75) is 45.0 Å². The largest absolute Gasteiger partial charge is 0.347 e. The first-order valence-electron chi connectivity index (χ1n) is 5.98. The summed E-state index contributed by atoms with van der Waals surface area (Å²) in [5, 5.41) is 0. The van der Waals surface area contributed by atoms with Crippen LogP contribution in [0.5, 0.6) is 0 Å². The van der Waals surface area contributed by atoms with Crippen LogP contribution in [0.1, 0.15) is 39.2 Å². The van der Waals surface area contributed by atoms with Crippen molar-refractivity contribution in [2.75, 3.05) is 6.61 Å². The molecular formula is C14H20O2. The number of hydrogen-bond donors (Lipinski definition) is 0. The van der Waals surface area contributed by atoms with Gasteiger partial charge in [-0.2, -0.15) is 0 Å². The SMILES string of the molecule is CCCC1(C)OCC(C)(c2ccccc2)O1. The Morgan fingerprint density at radius 3 is 2.50 bits per heavy atom. The number of benzene rings is 1. The number of ether oxygens (including phenoxy) is 2. The van der Waals surface area contributed by atoms with Gasteiger partial charge in [0.1, 0.15) is 5.60 Å². The second-order valence-electron chi connectivity index (χ2n) is 4.87. The molecule has 1 aromatic carbocycles. The summed E-state index contributed by atoms with van der Waals surface area (Å²) in [7, 11) is 0. The van der Waals surface area contributed by atoms with Gasteiger partial charge in [0.15, 0.2) is 5.79 Å². The van der Waals surface area contributed by atoms with Crippen LogP contribution in [0.25, 0.3) is 0 Å². The van der Waals surface area contributed by atoms with Crippen LogP contribution >= 0.6 is 0 Å². The number of hydrogen-bond acceptors (Lipinski definition) is 2. The van der Waals surface area contributed by atoms with Crippen LogP contribution < -0.4 is 0 Å². The summed E-state index contributed by atoms with van der Waals surface area (Å²) < 4.78 is 12.0. The Hall–Kier alpha value is -0.860. The maximum atomic E-state index is 6.14. The summed E-state index contributed by atoms with van der Waals surface area (Å²) in [6.07, 6.45) is 2.01. The van der Waals surface area contributed by atoms with Gasteiger partial charge in [-0.1, -0.05) is 43.7 Å². The molecule has 1 aliphatic heterocycles. The summed E-state index contributed by atoms with van der Waals surface area (Å²) in [6.45, 7) is 6.91. The molecule has 16 heavy (non-hydrogen) atoms. The molecule has 1 aliphatic rings. The van der Waals surface area contributed by atoms with E-state index in [1.807, 2.05) is 25.1 Å². The molecule has 2 atom stereocenters. The van der Waals surface area contributed by atoms with E-state index < -0.39 is 5.79 Å². The van der Waals surface area contributed by atoms with Gasteiger partial charge >= 0.3 is 0 Å². The summed E-state index contributed by atoms with van der Waals surface area (Å²) in [4.78, 5) is 0. The first kappa shape index (κ1) is 11.6. The first-order valence-corrected chi connectivity index (χ1v) is 5.98. The molecule has 0 radical (unpaired) electrons. The van der Waals surface area contributed by atoms with Crippen LogP contribution in [0.4, 0.5) is 0 Å². The average molecular weight is 220 g/mol. The lowest BCUT2D eigenvalue weighted by Gasteiger charge is -2.27. The quantitative estimate of drug-likeness (QED) is 0.776. The zero-order valence-corrected chi connectivity index (χ0v) is 10.3. The predicted molar refractivity (Wildman–Crippen MR) is 64.1 cm³/mol. The normalized spacial score (nSPS) is 34.2. The molecule has 1 saturated heterocycles. The fourth-order valence-corrected chi connectivity index (χ4v) is 2.34. The van der Waals surface area contributed by atoms with Gasteiger partial charge in [0, 0.05) is 6.42 Å². The standard InChI is InChI=1S/C14H20O2/c1-4-10-14(3)15-11-13(2,16-14)12-8-6-5-7-9-12/h5-9H,4,10-11H2,1-3H3. The van der Waals surface area contributed by atoms with Gasteiger partial charge in [0.25, 0.3) is 0 Å². The topological polar surface area (TPSA) is 18.5 Å². The molecule has 0 bridgehead atoms. The highest BCUT2D eigenvalue weighted by atomic mass is 16.8. The van der Waals surface area contributed by atoms with Crippen molar-refractivity contribution in [3.63, 3.8) is 0 Å². The Morgan fingerprint density at radius 1 is 1.19 bits per heavy atom. The Balaban J connectivity index is 2.18. The number of rotatable bonds is 3. The molecule has 2 heteroatoms. The van der Waals surface area contributed by atoms with E-state index in [-0.39, 0.29) is 5.60 Å². The van der Waals surface area contributed by atoms with Gasteiger partial charge < -0.3 is 9.47 Å². The van der Waals surface area contributed by atoms with Crippen LogP contribution in [-0.4, -0.2) is 12.4 Å². The van der Waals surface area contributed by atoms with Crippen molar-refractivity contribution in [2.24, 2.45) is 0 Å². The smallest absolute Gasteiger partial charge is 0.166 e. The van der Waals surface area contributed by atoms with E-state index in [1.54, 1.807) is 0 Å². The van der Waals surface area contributed by atoms with E-state index in [1.165, 1.54) is 5.56 Å². The Morgan fingerprint density at radius 2 is 1.88 bits per heavy atom. The fraction of sp³-hybridized carbons (Fsp3) is 0.571. The molecule has 1 heterocycles. The lowest BCUT2D eigenvalue weighted by Crippen LogP contribution is -2.30. The molecule has 0 saturated carbocycles. The highest BCUT2D eigenvalue weighted by Crippen LogP contribution is 2.40. The summed E-state index contributed by atoms with van der Waals surface area (Å²) >= 11 is 0. The summed E-state index contributed by atoms with van der Waals surface area (Å²) in [5.41, 5.74) is 0.889. The molecule has 2 unspecified atom stereocenters. The van der Waals surface area contributed by atoms with Crippen LogP contribution in [0, 0.1) is 0 Å². The van der Waals surface area contributed by atoms with Crippen LogP contribution in [0.3, 0.4) is 0 Å². The molecular weight excluding hydrogens is 200 g/mol. The van der Waals surface area contributed by atoms with E-state index in [0.29, 0.717) is 6.61 Å². The van der Waals surface area contributed by atoms with E-state index in [9.17, 15) is 0 Å². The highest BCUT2D eigenvalue weighted by Gasteiger charge is 2.45. The minimum absolute atomic E-state index is 0.300. The van der Waals surface area contributed by atoms with Gasteiger partial charge in [-0.05, 0) is 19.4 Å². The van der Waals surface area contributed by atoms with E-state index in [2.05, 4.69) is 26.0 Å². The van der Waals surface area contributed by atoms with Crippen LogP contribution in [-0.2, 0) is 15.1 Å². The van der Waals surface area contributed by atoms with Crippen molar-refractivity contribution >= 4 is 0 Å². The Kier molecular flexibility index (Phi) is 3.04. The first-order chi connectivity index (χ1) is 7.58. The molecule has 2 rings (SSSR count). The van der Waals surface area contributed by atoms with Crippen molar-refractivity contribution in [1.82, 2.24) is 0 Å². The minimum atomic E-state index is -0.417. The van der Waals surface area contributed by atoms with Crippen LogP contribution in [0.15, 0.2) is 30.3 Å². The third-order valence-corrected chi connectivity index (χ3v) is 3.18. The van der Waals surface area contributed by atoms with Crippen molar-refractivity contribution < 1.29 is 9.47 Å². The van der Waals surface area contributed by atoms with E-state index in [0.717, 1.165) is 12.8 Å². The second-order valence-corrected chi connectivity index (χ2v) is 4.87. The average Bonchev–Trinajstić information content (AvgIpc) is 2.58. The van der Waals surface area contributed by atoms with E-state index >= 15 is 0 Å². The molecule has 1 aromatic rings. The molecule has 0 spiro atoms. The zero-order valence-electron chi connectivity index (χ0n) is 10.3. The van der Waals surface area contributed by atoms with Gasteiger partial charge in [0.2, 0.25) is 0 Å². The highest BCUT2D eigenvalue weighted by molar-refractivity contribution is 5.23. The van der Waals surface area contributed by atoms with Crippen molar-refractivity contribution in [1.29, 1.82) is 0 Å². The van der Waals surface area contributed by atoms with E-state index in [4.69, 9.17) is 9.47 Å². The molecule has 0 N–H and O–H groups in total. The predicted octanol–water partition coefficient (Wildman–Crippen LogP) is 3.46. The summed E-state index contributed by atoms with van der Waals surface area (Å²) in [5.74, 6) is -0.417. The van der Waals surface area contributed by atoms with Gasteiger partial charge in [-0.3, -0.25) is 0 Å². The molecule has 88 valence electrons. The second kappa shape index (κ2) is 4.19. The third-order valence-electron chi connectivity index (χ3n) is 3.18. The maximum absolute atomic E-state index is 6.14. The van der Waals surface area contributed by atoms with Gasteiger partial charge in [-0.15, -0.1) is 0 Å². The molecule has 0 aromatic heterocycles. The lowest BCUT2D eigenvalue weighted by molar-refractivity contribution is -0.177. The Bertz CT molecular complexity index is 349. The molecule has 1 fully saturated rings. The van der Waals surface area contributed by atoms with Gasteiger partial charge in [-0.25, -0.2) is 0 Å². The molecule has 2 nitrogen and oxygen atoms in total. The van der Waals surface area contributed by atoms with Crippen LogP contribution in [0.2, 0.25) is 0 Å². The lowest BCUT2D eigenvalue weighted by atomic mass is 9.97. The maximum Gasteiger partial charge on any atom is 0.166 e. The minimum Gasteiger partial charge on any atom is -0.347 e. The molecule has 0 amide bonds. The van der Waals surface area contributed by atoms with Crippen molar-refractivity contribution in [3.8, 4) is 0 Å².